The first-order valence-electron chi connectivity index (χ1n) is 6.70. The molecule has 0 aliphatic heterocycles. The molecule has 0 heterocycles. The molecule has 3 rings (SSSR count). The minimum Gasteiger partial charge on any atom is -0.384 e. The molecule has 0 spiro atoms. The Morgan fingerprint density at radius 3 is 2.89 bits per heavy atom. The van der Waals surface area contributed by atoms with Gasteiger partial charge in [0.1, 0.15) is 6.07 Å². The molecule has 2 nitrogen and oxygen atoms in total. The maximum absolute atomic E-state index is 9.20. The first-order chi connectivity index (χ1) is 8.78. The van der Waals surface area contributed by atoms with Gasteiger partial charge in [0.15, 0.2) is 0 Å². The van der Waals surface area contributed by atoms with Crippen molar-refractivity contribution in [2.75, 3.05) is 11.9 Å². The molecule has 1 aromatic rings. The number of nitrogens with one attached hydrogen (secondary N) is 1. The number of nitrogens with zero attached hydrogens (tertiary/aromatic N) is 1. The van der Waals surface area contributed by atoms with Crippen molar-refractivity contribution in [2.45, 2.75) is 19.8 Å². The number of nitriles is 1. The lowest BCUT2D eigenvalue weighted by atomic mass is 9.93. The molecule has 1 fully saturated rings. The first-order valence-corrected chi connectivity index (χ1v) is 6.70. The summed E-state index contributed by atoms with van der Waals surface area (Å²) in [5.74, 6) is 2.32. The highest BCUT2D eigenvalue weighted by atomic mass is 14.9. The van der Waals surface area contributed by atoms with E-state index in [1.165, 1.54) is 12.8 Å². The molecule has 0 radical (unpaired) electrons. The summed E-state index contributed by atoms with van der Waals surface area (Å²) in [6, 6.07) is 8.31. The van der Waals surface area contributed by atoms with Crippen molar-refractivity contribution in [1.29, 1.82) is 5.26 Å². The maximum atomic E-state index is 9.20. The Morgan fingerprint density at radius 2 is 2.22 bits per heavy atom. The van der Waals surface area contributed by atoms with E-state index in [-0.39, 0.29) is 0 Å². The van der Waals surface area contributed by atoms with Gasteiger partial charge in [0, 0.05) is 6.54 Å². The van der Waals surface area contributed by atoms with E-state index < -0.39 is 0 Å². The number of aryl methyl sites for hydroxylation is 1. The van der Waals surface area contributed by atoms with Crippen molar-refractivity contribution >= 4 is 5.69 Å². The fourth-order valence-corrected chi connectivity index (χ4v) is 3.33. The van der Waals surface area contributed by atoms with Crippen LogP contribution in [0.4, 0.5) is 5.69 Å². The summed E-state index contributed by atoms with van der Waals surface area (Å²) in [7, 11) is 0. The molecule has 2 bridgehead atoms. The van der Waals surface area contributed by atoms with Gasteiger partial charge in [-0.3, -0.25) is 0 Å². The van der Waals surface area contributed by atoms with Crippen molar-refractivity contribution in [3.63, 3.8) is 0 Å². The van der Waals surface area contributed by atoms with E-state index in [0.29, 0.717) is 0 Å². The van der Waals surface area contributed by atoms with Crippen LogP contribution >= 0.6 is 0 Å². The van der Waals surface area contributed by atoms with Crippen molar-refractivity contribution < 1.29 is 0 Å². The zero-order chi connectivity index (χ0) is 12.5. The van der Waals surface area contributed by atoms with Crippen LogP contribution in [0.5, 0.6) is 0 Å². The van der Waals surface area contributed by atoms with Crippen LogP contribution in [0.25, 0.3) is 0 Å². The van der Waals surface area contributed by atoms with Crippen LogP contribution in [0, 0.1) is 36.0 Å². The van der Waals surface area contributed by atoms with Gasteiger partial charge in [-0.05, 0) is 49.1 Å². The first kappa shape index (κ1) is 11.3. The Morgan fingerprint density at radius 1 is 1.33 bits per heavy atom. The van der Waals surface area contributed by atoms with Gasteiger partial charge in [-0.1, -0.05) is 24.3 Å². The maximum Gasteiger partial charge on any atom is 0.102 e. The molecule has 2 heteroatoms. The lowest BCUT2D eigenvalue weighted by Gasteiger charge is -2.20. The number of hydrogen-bond acceptors (Lipinski definition) is 2. The fraction of sp³-hybridized carbons (Fsp3) is 0.438. The van der Waals surface area contributed by atoms with Gasteiger partial charge in [0.2, 0.25) is 0 Å². The van der Waals surface area contributed by atoms with Crippen LogP contribution < -0.4 is 5.32 Å². The molecule has 1 saturated carbocycles. The Balaban J connectivity index is 1.69. The van der Waals surface area contributed by atoms with E-state index in [1.54, 1.807) is 0 Å². The minimum absolute atomic E-state index is 0.743. The van der Waals surface area contributed by atoms with Crippen molar-refractivity contribution in [3.05, 3.63) is 41.5 Å². The highest BCUT2D eigenvalue weighted by Gasteiger charge is 2.35. The molecule has 0 aromatic heterocycles. The largest absolute Gasteiger partial charge is 0.384 e. The monoisotopic (exact) mass is 238 g/mol. The molecule has 18 heavy (non-hydrogen) atoms. The van der Waals surface area contributed by atoms with Crippen LogP contribution in [0.15, 0.2) is 30.4 Å². The summed E-state index contributed by atoms with van der Waals surface area (Å²) >= 11 is 0. The summed E-state index contributed by atoms with van der Waals surface area (Å²) in [4.78, 5) is 0. The fourth-order valence-electron chi connectivity index (χ4n) is 3.33. The summed E-state index contributed by atoms with van der Waals surface area (Å²) in [5.41, 5.74) is 2.83. The Labute approximate surface area is 108 Å². The molecular formula is C16H18N2. The number of anilines is 1. The van der Waals surface area contributed by atoms with E-state index in [9.17, 15) is 5.26 Å². The molecular weight excluding hydrogens is 220 g/mol. The van der Waals surface area contributed by atoms with Gasteiger partial charge < -0.3 is 5.32 Å². The standard InChI is InChI=1S/C16H18N2/c1-11-3-2-4-16(15(11)9-17)18-10-14-8-12-5-6-13(14)7-12/h2-6,12-14,18H,7-8,10H2,1H3. The summed E-state index contributed by atoms with van der Waals surface area (Å²) < 4.78 is 0. The highest BCUT2D eigenvalue weighted by molar-refractivity contribution is 5.60. The predicted molar refractivity (Wildman–Crippen MR) is 73.2 cm³/mol. The molecule has 3 unspecified atom stereocenters. The van der Waals surface area contributed by atoms with Crippen LogP contribution in [-0.4, -0.2) is 6.54 Å². The molecule has 0 amide bonds. The Kier molecular flexibility index (Phi) is 2.83. The minimum atomic E-state index is 0.743. The van der Waals surface area contributed by atoms with E-state index >= 15 is 0 Å². The Bertz CT molecular complexity index is 524. The number of benzene rings is 1. The number of hydrogen-bond donors (Lipinski definition) is 1. The molecule has 1 N–H and O–H groups in total. The second kappa shape index (κ2) is 4.49. The second-order valence-electron chi connectivity index (χ2n) is 5.53. The lowest BCUT2D eigenvalue weighted by molar-refractivity contribution is 0.472. The van der Waals surface area contributed by atoms with E-state index in [2.05, 4.69) is 23.5 Å². The van der Waals surface area contributed by atoms with Crippen molar-refractivity contribution in [3.8, 4) is 6.07 Å². The predicted octanol–water partition coefficient (Wildman–Crippen LogP) is 3.49. The summed E-state index contributed by atoms with van der Waals surface area (Å²) in [6.07, 6.45) is 7.39. The van der Waals surface area contributed by atoms with Crippen molar-refractivity contribution in [1.82, 2.24) is 0 Å². The SMILES string of the molecule is Cc1cccc(NCC2CC3C=CC2C3)c1C#N. The molecule has 1 aromatic carbocycles. The zero-order valence-corrected chi connectivity index (χ0v) is 10.7. The smallest absolute Gasteiger partial charge is 0.102 e. The third-order valence-corrected chi connectivity index (χ3v) is 4.36. The lowest BCUT2D eigenvalue weighted by Crippen LogP contribution is -2.18. The van der Waals surface area contributed by atoms with E-state index in [0.717, 1.165) is 41.1 Å². The van der Waals surface area contributed by atoms with Gasteiger partial charge in [-0.2, -0.15) is 5.26 Å². The third kappa shape index (κ3) is 1.90. The van der Waals surface area contributed by atoms with Gasteiger partial charge in [-0.15, -0.1) is 0 Å². The van der Waals surface area contributed by atoms with E-state index in [1.807, 2.05) is 25.1 Å². The van der Waals surface area contributed by atoms with Gasteiger partial charge >= 0.3 is 0 Å². The van der Waals surface area contributed by atoms with Crippen LogP contribution in [0.2, 0.25) is 0 Å². The highest BCUT2D eigenvalue weighted by Crippen LogP contribution is 2.43. The number of rotatable bonds is 3. The van der Waals surface area contributed by atoms with E-state index in [4.69, 9.17) is 0 Å². The molecule has 3 atom stereocenters. The van der Waals surface area contributed by atoms with Gasteiger partial charge in [-0.25, -0.2) is 0 Å². The second-order valence-corrected chi connectivity index (χ2v) is 5.53. The molecule has 92 valence electrons. The normalized spacial score (nSPS) is 28.3. The molecule has 0 saturated heterocycles. The Hall–Kier alpha value is -1.75. The number of allylic oxidation sites excluding steroid dienone is 2. The average molecular weight is 238 g/mol. The third-order valence-electron chi connectivity index (χ3n) is 4.36. The zero-order valence-electron chi connectivity index (χ0n) is 10.7. The van der Waals surface area contributed by atoms with Gasteiger partial charge in [0.05, 0.1) is 11.3 Å². The van der Waals surface area contributed by atoms with Crippen LogP contribution in [-0.2, 0) is 0 Å². The van der Waals surface area contributed by atoms with Crippen molar-refractivity contribution in [2.24, 2.45) is 17.8 Å². The quantitative estimate of drug-likeness (QED) is 0.818. The number of fused-ring (bicyclic) bond motifs is 2. The average Bonchev–Trinajstić information content (AvgIpc) is 2.98. The molecule has 2 aliphatic rings. The van der Waals surface area contributed by atoms with Crippen LogP contribution in [0.1, 0.15) is 24.0 Å². The summed E-state index contributed by atoms with van der Waals surface area (Å²) in [5, 5.41) is 12.7. The van der Waals surface area contributed by atoms with Crippen LogP contribution in [0.3, 0.4) is 0 Å². The summed E-state index contributed by atoms with van der Waals surface area (Å²) in [6.45, 7) is 2.98. The molecule has 2 aliphatic carbocycles. The van der Waals surface area contributed by atoms with Gasteiger partial charge in [0.25, 0.3) is 0 Å². The topological polar surface area (TPSA) is 35.8 Å².